The minimum atomic E-state index is -1.03. The third-order valence-corrected chi connectivity index (χ3v) is 5.20. The first-order valence-electron chi connectivity index (χ1n) is 10.3. The van der Waals surface area contributed by atoms with Gasteiger partial charge in [-0.25, -0.2) is 4.79 Å². The van der Waals surface area contributed by atoms with Gasteiger partial charge in [-0.05, 0) is 48.2 Å². The molecule has 1 heterocycles. The maximum atomic E-state index is 10.9. The van der Waals surface area contributed by atoms with Gasteiger partial charge >= 0.3 is 5.97 Å². The number of carboxylic acid groups (broad SMARTS) is 1. The summed E-state index contributed by atoms with van der Waals surface area (Å²) in [5.41, 5.74) is 2.42. The zero-order valence-corrected chi connectivity index (χ0v) is 18.7. The molecule has 0 bridgehead atoms. The van der Waals surface area contributed by atoms with Crippen molar-refractivity contribution in [1.29, 1.82) is 0 Å². The van der Waals surface area contributed by atoms with Gasteiger partial charge in [0, 0.05) is 28.2 Å². The summed E-state index contributed by atoms with van der Waals surface area (Å²) >= 11 is 6.03. The number of nitrogens with zero attached hydrogens (tertiary/aromatic N) is 1. The van der Waals surface area contributed by atoms with Gasteiger partial charge in [0.2, 0.25) is 0 Å². The fourth-order valence-electron chi connectivity index (χ4n) is 3.38. The molecule has 0 aliphatic carbocycles. The van der Waals surface area contributed by atoms with Crippen LogP contribution in [0.5, 0.6) is 17.2 Å². The van der Waals surface area contributed by atoms with E-state index in [0.717, 1.165) is 27.6 Å². The molecule has 0 aliphatic heterocycles. The summed E-state index contributed by atoms with van der Waals surface area (Å²) in [6.07, 6.45) is 1.78. The molecule has 0 atom stereocenters. The van der Waals surface area contributed by atoms with Crippen LogP contribution in [0.2, 0.25) is 5.02 Å². The van der Waals surface area contributed by atoms with E-state index >= 15 is 0 Å². The van der Waals surface area contributed by atoms with Crippen molar-refractivity contribution >= 4 is 28.3 Å². The predicted octanol–water partition coefficient (Wildman–Crippen LogP) is 5.82. The highest BCUT2D eigenvalue weighted by Gasteiger charge is 2.10. The van der Waals surface area contributed by atoms with Gasteiger partial charge in [-0.3, -0.25) is 4.98 Å². The van der Waals surface area contributed by atoms with Gasteiger partial charge in [0.1, 0.15) is 30.5 Å². The Labute approximate surface area is 196 Å². The number of pyridine rings is 1. The normalized spacial score (nSPS) is 10.7. The monoisotopic (exact) mass is 463 g/mol. The summed E-state index contributed by atoms with van der Waals surface area (Å²) in [7, 11) is 0. The zero-order chi connectivity index (χ0) is 23.2. The van der Waals surface area contributed by atoms with Gasteiger partial charge in [-0.2, -0.15) is 0 Å². The molecule has 0 aliphatic rings. The number of aliphatic carboxylic acids is 1. The van der Waals surface area contributed by atoms with Crippen LogP contribution in [0.3, 0.4) is 0 Å². The number of aryl methyl sites for hydroxylation is 1. The first-order valence-corrected chi connectivity index (χ1v) is 10.7. The van der Waals surface area contributed by atoms with Gasteiger partial charge < -0.3 is 19.3 Å². The van der Waals surface area contributed by atoms with Crippen molar-refractivity contribution in [3.05, 3.63) is 94.8 Å². The van der Waals surface area contributed by atoms with E-state index in [1.807, 2.05) is 67.6 Å². The number of para-hydroxylation sites is 1. The lowest BCUT2D eigenvalue weighted by Gasteiger charge is -2.14. The third kappa shape index (κ3) is 5.93. The lowest BCUT2D eigenvalue weighted by atomic mass is 10.1. The summed E-state index contributed by atoms with van der Waals surface area (Å²) in [5.74, 6) is 0.770. The lowest BCUT2D eigenvalue weighted by Crippen LogP contribution is -2.12. The van der Waals surface area contributed by atoms with Crippen molar-refractivity contribution in [1.82, 2.24) is 4.98 Å². The number of benzene rings is 3. The third-order valence-electron chi connectivity index (χ3n) is 4.96. The van der Waals surface area contributed by atoms with E-state index in [1.54, 1.807) is 12.3 Å². The first kappa shape index (κ1) is 22.4. The second-order valence-electron chi connectivity index (χ2n) is 7.46. The molecular weight excluding hydrogens is 442 g/mol. The van der Waals surface area contributed by atoms with Gasteiger partial charge in [-0.15, -0.1) is 0 Å². The molecule has 4 rings (SSSR count). The van der Waals surface area contributed by atoms with E-state index in [1.165, 1.54) is 0 Å². The van der Waals surface area contributed by atoms with E-state index in [9.17, 15) is 4.79 Å². The molecule has 0 radical (unpaired) electrons. The number of halogens is 1. The standard InChI is InChI=1S/C26H22ClNO5/c1-17-4-2-5-19(26(17)33-16-25(29)30)14-31-23-6-3-7-24(12-23)32-15-22-11-18-8-9-21(27)10-20(18)13-28-22/h2-13H,14-16H2,1H3,(H,29,30). The van der Waals surface area contributed by atoms with Gasteiger partial charge in [0.15, 0.2) is 6.61 Å². The summed E-state index contributed by atoms with van der Waals surface area (Å²) < 4.78 is 17.3. The number of rotatable bonds is 9. The van der Waals surface area contributed by atoms with E-state index in [-0.39, 0.29) is 6.61 Å². The quantitative estimate of drug-likeness (QED) is 0.337. The SMILES string of the molecule is Cc1cccc(COc2cccc(OCc3cc4ccc(Cl)cc4cn3)c2)c1OCC(=O)O. The molecule has 0 amide bonds. The minimum Gasteiger partial charge on any atom is -0.489 e. The lowest BCUT2D eigenvalue weighted by molar-refractivity contribution is -0.139. The van der Waals surface area contributed by atoms with Crippen LogP contribution in [-0.2, 0) is 18.0 Å². The van der Waals surface area contributed by atoms with Gasteiger partial charge in [-0.1, -0.05) is 41.9 Å². The van der Waals surface area contributed by atoms with Gasteiger partial charge in [0.25, 0.3) is 0 Å². The van der Waals surface area contributed by atoms with Crippen molar-refractivity contribution in [3.63, 3.8) is 0 Å². The molecule has 0 fully saturated rings. The molecule has 7 heteroatoms. The first-order chi connectivity index (χ1) is 16.0. The molecular formula is C26H22ClNO5. The minimum absolute atomic E-state index is 0.231. The molecule has 1 aromatic heterocycles. The Kier molecular flexibility index (Phi) is 6.95. The van der Waals surface area contributed by atoms with Crippen LogP contribution in [0.25, 0.3) is 10.8 Å². The fraction of sp³-hybridized carbons (Fsp3) is 0.154. The zero-order valence-electron chi connectivity index (χ0n) is 18.0. The Hall–Kier alpha value is -3.77. The molecule has 0 saturated carbocycles. The summed E-state index contributed by atoms with van der Waals surface area (Å²) in [4.78, 5) is 15.3. The van der Waals surface area contributed by atoms with Crippen LogP contribution < -0.4 is 14.2 Å². The number of ether oxygens (including phenoxy) is 3. The summed E-state index contributed by atoms with van der Waals surface area (Å²) in [5, 5.41) is 11.6. The second kappa shape index (κ2) is 10.2. The van der Waals surface area contributed by atoms with E-state index < -0.39 is 12.6 Å². The highest BCUT2D eigenvalue weighted by atomic mass is 35.5. The largest absolute Gasteiger partial charge is 0.489 e. The molecule has 168 valence electrons. The average Bonchev–Trinajstić information content (AvgIpc) is 2.81. The molecule has 3 aromatic carbocycles. The molecule has 0 unspecified atom stereocenters. The van der Waals surface area contributed by atoms with Crippen LogP contribution >= 0.6 is 11.6 Å². The van der Waals surface area contributed by atoms with E-state index in [4.69, 9.17) is 30.9 Å². The highest BCUT2D eigenvalue weighted by Crippen LogP contribution is 2.27. The molecule has 4 aromatic rings. The van der Waals surface area contributed by atoms with Crippen molar-refractivity contribution in [2.45, 2.75) is 20.1 Å². The molecule has 0 spiro atoms. The molecule has 33 heavy (non-hydrogen) atoms. The van der Waals surface area contributed by atoms with Crippen molar-refractivity contribution in [2.24, 2.45) is 0 Å². The average molecular weight is 464 g/mol. The molecule has 6 nitrogen and oxygen atoms in total. The maximum absolute atomic E-state index is 10.9. The molecule has 1 N–H and O–H groups in total. The van der Waals surface area contributed by atoms with E-state index in [2.05, 4.69) is 4.98 Å². The highest BCUT2D eigenvalue weighted by molar-refractivity contribution is 6.31. The van der Waals surface area contributed by atoms with Gasteiger partial charge in [0.05, 0.1) is 5.69 Å². The molecule has 0 saturated heterocycles. The van der Waals surface area contributed by atoms with Crippen molar-refractivity contribution in [2.75, 3.05) is 6.61 Å². The van der Waals surface area contributed by atoms with E-state index in [0.29, 0.717) is 28.9 Å². The van der Waals surface area contributed by atoms with Crippen LogP contribution in [-0.4, -0.2) is 22.7 Å². The van der Waals surface area contributed by atoms with Crippen molar-refractivity contribution in [3.8, 4) is 17.2 Å². The van der Waals surface area contributed by atoms with Crippen LogP contribution in [0.4, 0.5) is 0 Å². The Balaban J connectivity index is 1.40. The van der Waals surface area contributed by atoms with Crippen molar-refractivity contribution < 1.29 is 24.1 Å². The Morgan fingerprint density at radius 1 is 0.909 bits per heavy atom. The van der Waals surface area contributed by atoms with Crippen LogP contribution in [0.1, 0.15) is 16.8 Å². The smallest absolute Gasteiger partial charge is 0.341 e. The Morgan fingerprint density at radius 2 is 1.67 bits per heavy atom. The maximum Gasteiger partial charge on any atom is 0.341 e. The Bertz CT molecular complexity index is 1290. The van der Waals surface area contributed by atoms with Crippen LogP contribution in [0.15, 0.2) is 72.9 Å². The number of carbonyl (C=O) groups is 1. The number of fused-ring (bicyclic) bond motifs is 1. The predicted molar refractivity (Wildman–Crippen MR) is 126 cm³/mol. The summed E-state index contributed by atoms with van der Waals surface area (Å²) in [6, 6.07) is 20.6. The Morgan fingerprint density at radius 3 is 2.45 bits per heavy atom. The van der Waals surface area contributed by atoms with Crippen LogP contribution in [0, 0.1) is 6.92 Å². The fourth-order valence-corrected chi connectivity index (χ4v) is 3.56. The number of hydrogen-bond donors (Lipinski definition) is 1. The topological polar surface area (TPSA) is 77.9 Å². The number of hydrogen-bond acceptors (Lipinski definition) is 5. The second-order valence-corrected chi connectivity index (χ2v) is 7.90. The number of aromatic nitrogens is 1. The number of carboxylic acids is 1. The summed E-state index contributed by atoms with van der Waals surface area (Å²) in [6.45, 7) is 2.00.